The molecule has 0 heterocycles. The Morgan fingerprint density at radius 3 is 2.10 bits per heavy atom. The van der Waals surface area contributed by atoms with Crippen molar-refractivity contribution in [2.45, 2.75) is 39.0 Å². The fraction of sp³-hybridized carbons (Fsp3) is 0.214. The smallest absolute Gasteiger partial charge is 0.142 e. The molecule has 0 unspecified atom stereocenters. The van der Waals surface area contributed by atoms with Crippen LogP contribution in [-0.2, 0) is 6.42 Å². The van der Waals surface area contributed by atoms with Gasteiger partial charge in [-0.3, -0.25) is 0 Å². The van der Waals surface area contributed by atoms with E-state index in [2.05, 4.69) is 37.3 Å². The molecule has 0 amide bonds. The molecule has 0 radical (unpaired) electrons. The van der Waals surface area contributed by atoms with E-state index in [9.17, 15) is 8.78 Å². The number of rotatable bonds is 7. The van der Waals surface area contributed by atoms with Crippen molar-refractivity contribution < 1.29 is 8.78 Å². The summed E-state index contributed by atoms with van der Waals surface area (Å²) in [4.78, 5) is 0. The Labute approximate surface area is 187 Å². The van der Waals surface area contributed by atoms with Gasteiger partial charge in [-0.15, -0.1) is 0 Å². The number of halogens is 3. The van der Waals surface area contributed by atoms with Crippen LogP contribution >= 0.6 is 11.6 Å². The number of benzene rings is 4. The van der Waals surface area contributed by atoms with Crippen molar-refractivity contribution in [3.8, 4) is 22.3 Å². The van der Waals surface area contributed by atoms with Gasteiger partial charge in [0.2, 0.25) is 0 Å². The Kier molecular flexibility index (Phi) is 6.67. The zero-order chi connectivity index (χ0) is 21.8. The SMILES string of the molecule is CCCCCCc1ccc2cc(-c3ccc(-c4ccc(Cl)c(F)c4)c(F)c3)ccc2c1. The zero-order valence-electron chi connectivity index (χ0n) is 17.6. The van der Waals surface area contributed by atoms with Crippen LogP contribution in [0.3, 0.4) is 0 Å². The molecule has 158 valence electrons. The lowest BCUT2D eigenvalue weighted by Crippen LogP contribution is -1.89. The van der Waals surface area contributed by atoms with E-state index in [1.54, 1.807) is 12.1 Å². The molecule has 0 saturated heterocycles. The van der Waals surface area contributed by atoms with Crippen molar-refractivity contribution >= 4 is 22.4 Å². The molecular weight excluding hydrogens is 410 g/mol. The maximum Gasteiger partial charge on any atom is 0.142 e. The molecule has 0 bridgehead atoms. The number of fused-ring (bicyclic) bond motifs is 1. The number of unbranched alkanes of at least 4 members (excludes halogenated alkanes) is 3. The number of hydrogen-bond acceptors (Lipinski definition) is 0. The highest BCUT2D eigenvalue weighted by Gasteiger charge is 2.10. The summed E-state index contributed by atoms with van der Waals surface area (Å²) in [5.41, 5.74) is 3.93. The summed E-state index contributed by atoms with van der Waals surface area (Å²) in [6.07, 6.45) is 6.14. The van der Waals surface area contributed by atoms with Crippen molar-refractivity contribution in [1.82, 2.24) is 0 Å². The Balaban J connectivity index is 1.58. The van der Waals surface area contributed by atoms with Crippen LogP contribution in [0.2, 0.25) is 5.02 Å². The van der Waals surface area contributed by atoms with Gasteiger partial charge in [0, 0.05) is 5.56 Å². The van der Waals surface area contributed by atoms with Gasteiger partial charge >= 0.3 is 0 Å². The first-order chi connectivity index (χ1) is 15.0. The minimum absolute atomic E-state index is 0.0288. The summed E-state index contributed by atoms with van der Waals surface area (Å²) >= 11 is 5.74. The maximum absolute atomic E-state index is 14.8. The average Bonchev–Trinajstić information content (AvgIpc) is 2.78. The predicted molar refractivity (Wildman–Crippen MR) is 128 cm³/mol. The predicted octanol–water partition coefficient (Wildman–Crippen LogP) is 9.23. The highest BCUT2D eigenvalue weighted by Crippen LogP contribution is 2.31. The highest BCUT2D eigenvalue weighted by atomic mass is 35.5. The molecule has 0 nitrogen and oxygen atoms in total. The summed E-state index contributed by atoms with van der Waals surface area (Å²) in [6, 6.07) is 22.2. The van der Waals surface area contributed by atoms with Crippen LogP contribution in [0.25, 0.3) is 33.0 Å². The second-order valence-corrected chi connectivity index (χ2v) is 8.44. The van der Waals surface area contributed by atoms with E-state index in [1.165, 1.54) is 54.8 Å². The van der Waals surface area contributed by atoms with Crippen LogP contribution in [-0.4, -0.2) is 0 Å². The number of hydrogen-bond donors (Lipinski definition) is 0. The van der Waals surface area contributed by atoms with Crippen molar-refractivity contribution in [2.24, 2.45) is 0 Å². The Hall–Kier alpha value is -2.71. The Bertz CT molecular complexity index is 1210. The van der Waals surface area contributed by atoms with E-state index < -0.39 is 5.82 Å². The maximum atomic E-state index is 14.8. The number of aryl methyl sites for hydroxylation is 1. The molecule has 0 N–H and O–H groups in total. The molecule has 0 atom stereocenters. The third-order valence-corrected chi connectivity index (χ3v) is 6.06. The van der Waals surface area contributed by atoms with E-state index in [0.717, 1.165) is 22.9 Å². The molecule has 0 spiro atoms. The fourth-order valence-electron chi connectivity index (χ4n) is 3.98. The van der Waals surface area contributed by atoms with E-state index in [-0.39, 0.29) is 10.8 Å². The molecule has 4 aromatic rings. The monoisotopic (exact) mass is 434 g/mol. The Morgan fingerprint density at radius 1 is 0.645 bits per heavy atom. The first-order valence-corrected chi connectivity index (χ1v) is 11.2. The quantitative estimate of drug-likeness (QED) is 0.254. The zero-order valence-corrected chi connectivity index (χ0v) is 18.4. The summed E-state index contributed by atoms with van der Waals surface area (Å²) in [6.45, 7) is 2.23. The van der Waals surface area contributed by atoms with Gasteiger partial charge in [0.05, 0.1) is 5.02 Å². The second-order valence-electron chi connectivity index (χ2n) is 8.03. The molecule has 0 saturated carbocycles. The van der Waals surface area contributed by atoms with Crippen molar-refractivity contribution in [3.05, 3.63) is 95.0 Å². The summed E-state index contributed by atoms with van der Waals surface area (Å²) in [5.74, 6) is -0.941. The fourth-order valence-corrected chi connectivity index (χ4v) is 4.10. The van der Waals surface area contributed by atoms with Crippen molar-refractivity contribution in [3.63, 3.8) is 0 Å². The summed E-state index contributed by atoms with van der Waals surface area (Å²) in [7, 11) is 0. The second kappa shape index (κ2) is 9.62. The molecule has 31 heavy (non-hydrogen) atoms. The first kappa shape index (κ1) is 21.5. The van der Waals surface area contributed by atoms with Crippen LogP contribution in [0.5, 0.6) is 0 Å². The molecule has 0 fully saturated rings. The third kappa shape index (κ3) is 4.97. The van der Waals surface area contributed by atoms with E-state index in [0.29, 0.717) is 11.1 Å². The Morgan fingerprint density at radius 2 is 1.32 bits per heavy atom. The molecule has 0 aliphatic heterocycles. The van der Waals surface area contributed by atoms with Gasteiger partial charge in [-0.05, 0) is 70.1 Å². The van der Waals surface area contributed by atoms with Gasteiger partial charge in [0.25, 0.3) is 0 Å². The first-order valence-electron chi connectivity index (χ1n) is 10.8. The molecule has 3 heteroatoms. The minimum atomic E-state index is -0.554. The van der Waals surface area contributed by atoms with Gasteiger partial charge in [-0.1, -0.05) is 86.3 Å². The van der Waals surface area contributed by atoms with Gasteiger partial charge < -0.3 is 0 Å². The van der Waals surface area contributed by atoms with Gasteiger partial charge in [-0.25, -0.2) is 8.78 Å². The minimum Gasteiger partial charge on any atom is -0.206 e. The average molecular weight is 435 g/mol. The molecule has 4 aromatic carbocycles. The molecule has 0 aliphatic rings. The van der Waals surface area contributed by atoms with Gasteiger partial charge in [0.15, 0.2) is 0 Å². The lowest BCUT2D eigenvalue weighted by molar-refractivity contribution is 0.625. The summed E-state index contributed by atoms with van der Waals surface area (Å²) < 4.78 is 28.6. The normalized spacial score (nSPS) is 11.2. The van der Waals surface area contributed by atoms with Crippen LogP contribution in [0.4, 0.5) is 8.78 Å². The molecule has 0 aromatic heterocycles. The van der Waals surface area contributed by atoms with E-state index in [1.807, 2.05) is 12.1 Å². The van der Waals surface area contributed by atoms with Gasteiger partial charge in [-0.2, -0.15) is 0 Å². The standard InChI is InChI=1S/C28H25ClF2/c1-2-3-4-5-6-19-7-8-21-16-22(10-9-20(21)15-19)23-11-13-25(27(30)17-23)24-12-14-26(29)28(31)18-24/h7-18H,2-6H2,1H3. The third-order valence-electron chi connectivity index (χ3n) is 5.76. The topological polar surface area (TPSA) is 0 Å². The van der Waals surface area contributed by atoms with Crippen LogP contribution in [0.1, 0.15) is 38.2 Å². The molecule has 0 aliphatic carbocycles. The van der Waals surface area contributed by atoms with Crippen LogP contribution in [0.15, 0.2) is 72.8 Å². The van der Waals surface area contributed by atoms with Crippen LogP contribution < -0.4 is 0 Å². The van der Waals surface area contributed by atoms with Crippen LogP contribution in [0, 0.1) is 11.6 Å². The van der Waals surface area contributed by atoms with Gasteiger partial charge in [0.1, 0.15) is 11.6 Å². The van der Waals surface area contributed by atoms with E-state index >= 15 is 0 Å². The van der Waals surface area contributed by atoms with E-state index in [4.69, 9.17) is 11.6 Å². The molecular formula is C28H25ClF2. The molecule has 4 rings (SSSR count). The summed E-state index contributed by atoms with van der Waals surface area (Å²) in [5, 5.41) is 2.37. The lowest BCUT2D eigenvalue weighted by Gasteiger charge is -2.09. The lowest BCUT2D eigenvalue weighted by atomic mass is 9.96. The highest BCUT2D eigenvalue weighted by molar-refractivity contribution is 6.30. The van der Waals surface area contributed by atoms with Crippen molar-refractivity contribution in [2.75, 3.05) is 0 Å². The van der Waals surface area contributed by atoms with Crippen molar-refractivity contribution in [1.29, 1.82) is 0 Å². The largest absolute Gasteiger partial charge is 0.206 e.